The minimum absolute atomic E-state index is 0.0152. The van der Waals surface area contributed by atoms with E-state index in [4.69, 9.17) is 0 Å². The van der Waals surface area contributed by atoms with Crippen LogP contribution >= 0.6 is 0 Å². The molecule has 0 aromatic carbocycles. The number of alkyl halides is 3. The molecule has 7 heteroatoms. The predicted octanol–water partition coefficient (Wildman–Crippen LogP) is 5.17. The molecule has 0 spiro atoms. The van der Waals surface area contributed by atoms with Gasteiger partial charge in [-0.05, 0) is 43.7 Å². The van der Waals surface area contributed by atoms with Crippen molar-refractivity contribution in [3.63, 3.8) is 0 Å². The van der Waals surface area contributed by atoms with Crippen molar-refractivity contribution in [2.75, 3.05) is 18.4 Å². The zero-order valence-corrected chi connectivity index (χ0v) is 16.0. The number of halogens is 3. The van der Waals surface area contributed by atoms with Crippen molar-refractivity contribution < 1.29 is 18.0 Å². The Kier molecular flexibility index (Phi) is 6.02. The topological polar surface area (TPSA) is 45.2 Å². The van der Waals surface area contributed by atoms with E-state index in [-0.39, 0.29) is 22.5 Å². The Balaban J connectivity index is 2.58. The highest BCUT2D eigenvalue weighted by atomic mass is 19.4. The minimum atomic E-state index is -4.58. The molecule has 1 aromatic rings. The molecular weight excluding hydrogens is 355 g/mol. The molecule has 0 unspecified atom stereocenters. The van der Waals surface area contributed by atoms with E-state index in [2.05, 4.69) is 37.3 Å². The van der Waals surface area contributed by atoms with Gasteiger partial charge in [-0.3, -0.25) is 4.79 Å². The van der Waals surface area contributed by atoms with Crippen molar-refractivity contribution in [2.24, 2.45) is 5.41 Å². The van der Waals surface area contributed by atoms with Gasteiger partial charge in [-0.2, -0.15) is 13.2 Å². The number of amides is 1. The zero-order valence-electron chi connectivity index (χ0n) is 16.0. The van der Waals surface area contributed by atoms with E-state index in [1.165, 1.54) is 17.9 Å². The number of rotatable bonds is 2. The molecule has 1 amide bonds. The number of carbonyl (C=O) groups excluding carboxylic acids is 1. The molecule has 0 atom stereocenters. The second-order valence-corrected chi connectivity index (χ2v) is 7.61. The van der Waals surface area contributed by atoms with Gasteiger partial charge in [0.25, 0.3) is 5.91 Å². The van der Waals surface area contributed by atoms with Gasteiger partial charge in [0, 0.05) is 18.8 Å². The molecular formula is C20H26F3N3O. The fourth-order valence-corrected chi connectivity index (χ4v) is 3.13. The number of pyridine rings is 1. The van der Waals surface area contributed by atoms with Crippen LogP contribution in [0.4, 0.5) is 19.0 Å². The molecule has 0 radical (unpaired) electrons. The van der Waals surface area contributed by atoms with Crippen LogP contribution in [-0.4, -0.2) is 28.9 Å². The third-order valence-corrected chi connectivity index (χ3v) is 4.91. The van der Waals surface area contributed by atoms with Crippen LogP contribution in [0.3, 0.4) is 0 Å². The van der Waals surface area contributed by atoms with Crippen molar-refractivity contribution in [1.29, 1.82) is 0 Å². The molecule has 1 aromatic heterocycles. The highest BCUT2D eigenvalue weighted by Crippen LogP contribution is 2.35. The number of hydrogen-bond acceptors (Lipinski definition) is 3. The summed E-state index contributed by atoms with van der Waals surface area (Å²) in [5, 5.41) is 3.04. The van der Waals surface area contributed by atoms with E-state index in [1.807, 2.05) is 0 Å². The number of aryl methyl sites for hydroxylation is 1. The highest BCUT2D eigenvalue weighted by Gasteiger charge is 2.36. The summed E-state index contributed by atoms with van der Waals surface area (Å²) in [6.07, 6.45) is -0.709. The van der Waals surface area contributed by atoms with Gasteiger partial charge in [-0.15, -0.1) is 0 Å². The first kappa shape index (κ1) is 21.0. The Morgan fingerprint density at radius 3 is 2.63 bits per heavy atom. The summed E-state index contributed by atoms with van der Waals surface area (Å²) in [4.78, 5) is 18.6. The molecule has 1 aliphatic rings. The molecule has 27 heavy (non-hydrogen) atoms. The molecule has 2 heterocycles. The van der Waals surface area contributed by atoms with Crippen LogP contribution in [0.5, 0.6) is 0 Å². The molecule has 0 saturated heterocycles. The average molecular weight is 381 g/mol. The SMILES string of the molecule is C=CC(=C)N1CCC(C)(C)CCCNc2nc(C)c(C(F)(F)F)cc2C1=O. The monoisotopic (exact) mass is 381 g/mol. The fourth-order valence-electron chi connectivity index (χ4n) is 3.13. The zero-order chi connectivity index (χ0) is 20.4. The van der Waals surface area contributed by atoms with Gasteiger partial charge in [-0.1, -0.05) is 27.0 Å². The Morgan fingerprint density at radius 1 is 1.37 bits per heavy atom. The Hall–Kier alpha value is -2.31. The van der Waals surface area contributed by atoms with Crippen molar-refractivity contribution >= 4 is 11.7 Å². The highest BCUT2D eigenvalue weighted by molar-refractivity contribution is 6.00. The van der Waals surface area contributed by atoms with E-state index >= 15 is 0 Å². The normalized spacial score (nSPS) is 18.1. The van der Waals surface area contributed by atoms with Crippen molar-refractivity contribution in [2.45, 2.75) is 46.2 Å². The summed E-state index contributed by atoms with van der Waals surface area (Å²) < 4.78 is 40.0. The van der Waals surface area contributed by atoms with Crippen molar-refractivity contribution in [1.82, 2.24) is 9.88 Å². The summed E-state index contributed by atoms with van der Waals surface area (Å²) in [6.45, 7) is 13.9. The third kappa shape index (κ3) is 4.90. The summed E-state index contributed by atoms with van der Waals surface area (Å²) in [6, 6.07) is 0.888. The molecule has 0 bridgehead atoms. The van der Waals surface area contributed by atoms with Crippen LogP contribution in [0.1, 0.15) is 54.7 Å². The summed E-state index contributed by atoms with van der Waals surface area (Å²) in [5.41, 5.74) is -0.828. The number of allylic oxidation sites excluding steroid dienone is 1. The van der Waals surface area contributed by atoms with Crippen LogP contribution in [0.15, 0.2) is 31.0 Å². The molecule has 2 rings (SSSR count). The smallest absolute Gasteiger partial charge is 0.369 e. The largest absolute Gasteiger partial charge is 0.418 e. The number of nitrogens with one attached hydrogen (secondary N) is 1. The van der Waals surface area contributed by atoms with E-state index in [0.29, 0.717) is 25.2 Å². The second-order valence-electron chi connectivity index (χ2n) is 7.61. The quantitative estimate of drug-likeness (QED) is 0.719. The molecule has 148 valence electrons. The number of carbonyl (C=O) groups is 1. The lowest BCUT2D eigenvalue weighted by Crippen LogP contribution is -2.33. The lowest BCUT2D eigenvalue weighted by atomic mass is 9.84. The van der Waals surface area contributed by atoms with Crippen LogP contribution in [0.25, 0.3) is 0 Å². The molecule has 0 saturated carbocycles. The van der Waals surface area contributed by atoms with E-state index in [9.17, 15) is 18.0 Å². The number of nitrogens with zero attached hydrogens (tertiary/aromatic N) is 2. The average Bonchev–Trinajstić information content (AvgIpc) is 2.58. The van der Waals surface area contributed by atoms with Crippen molar-refractivity contribution in [3.8, 4) is 0 Å². The van der Waals surface area contributed by atoms with Gasteiger partial charge in [0.15, 0.2) is 0 Å². The fraction of sp³-hybridized carbons (Fsp3) is 0.500. The van der Waals surface area contributed by atoms with Gasteiger partial charge in [0.05, 0.1) is 16.8 Å². The lowest BCUT2D eigenvalue weighted by Gasteiger charge is -2.29. The maximum atomic E-state index is 13.3. The molecule has 4 nitrogen and oxygen atoms in total. The maximum absolute atomic E-state index is 13.3. The van der Waals surface area contributed by atoms with E-state index < -0.39 is 17.6 Å². The van der Waals surface area contributed by atoms with E-state index in [1.54, 1.807) is 0 Å². The Bertz CT molecular complexity index is 754. The van der Waals surface area contributed by atoms with Gasteiger partial charge in [0.2, 0.25) is 0 Å². The summed E-state index contributed by atoms with van der Waals surface area (Å²) >= 11 is 0. The number of fused-ring (bicyclic) bond motifs is 1. The Morgan fingerprint density at radius 2 is 2.04 bits per heavy atom. The Labute approximate surface area is 158 Å². The molecule has 1 N–H and O–H groups in total. The van der Waals surface area contributed by atoms with Crippen LogP contribution < -0.4 is 5.32 Å². The standard InChI is InChI=1S/C20H26F3N3O/c1-6-13(2)26-11-9-19(4,5)8-7-10-24-17-15(18(26)27)12-16(14(3)25-17)20(21,22)23/h6,12H,1-2,7-11H2,3-5H3,(H,24,25). The number of hydrogen-bond donors (Lipinski definition) is 1. The number of anilines is 1. The first-order valence-corrected chi connectivity index (χ1v) is 8.92. The lowest BCUT2D eigenvalue weighted by molar-refractivity contribution is -0.138. The van der Waals surface area contributed by atoms with Crippen LogP contribution in [0.2, 0.25) is 0 Å². The minimum Gasteiger partial charge on any atom is -0.369 e. The number of aromatic nitrogens is 1. The summed E-state index contributed by atoms with van der Waals surface area (Å²) in [5.74, 6) is -0.384. The molecule has 1 aliphatic heterocycles. The first-order valence-electron chi connectivity index (χ1n) is 8.92. The predicted molar refractivity (Wildman–Crippen MR) is 100 cm³/mol. The van der Waals surface area contributed by atoms with Crippen molar-refractivity contribution in [3.05, 3.63) is 47.8 Å². The van der Waals surface area contributed by atoms with Gasteiger partial charge in [-0.25, -0.2) is 4.98 Å². The molecule has 0 fully saturated rings. The van der Waals surface area contributed by atoms with Gasteiger partial charge < -0.3 is 10.2 Å². The third-order valence-electron chi connectivity index (χ3n) is 4.91. The van der Waals surface area contributed by atoms with E-state index in [0.717, 1.165) is 18.9 Å². The molecule has 0 aliphatic carbocycles. The first-order chi connectivity index (χ1) is 12.5. The summed E-state index contributed by atoms with van der Waals surface area (Å²) in [7, 11) is 0. The van der Waals surface area contributed by atoms with Gasteiger partial charge in [0.1, 0.15) is 5.82 Å². The van der Waals surface area contributed by atoms with Crippen LogP contribution in [-0.2, 0) is 6.18 Å². The van der Waals surface area contributed by atoms with Crippen LogP contribution in [0, 0.1) is 12.3 Å². The second kappa shape index (κ2) is 7.74. The van der Waals surface area contributed by atoms with Gasteiger partial charge >= 0.3 is 6.18 Å². The maximum Gasteiger partial charge on any atom is 0.418 e.